The highest BCUT2D eigenvalue weighted by Gasteiger charge is 2.20. The fourth-order valence-corrected chi connectivity index (χ4v) is 2.96. The first-order valence-electron chi connectivity index (χ1n) is 6.00. The molecular formula is C13H15N3O4S. The van der Waals surface area contributed by atoms with Crippen LogP contribution in [0.3, 0.4) is 0 Å². The number of anilines is 1. The second kappa shape index (κ2) is 5.96. The first kappa shape index (κ1) is 15.0. The van der Waals surface area contributed by atoms with Crippen LogP contribution in [-0.4, -0.2) is 32.6 Å². The maximum atomic E-state index is 12.4. The zero-order chi connectivity index (χ0) is 15.5. The van der Waals surface area contributed by atoms with Crippen molar-refractivity contribution in [3.63, 3.8) is 0 Å². The van der Waals surface area contributed by atoms with Crippen molar-refractivity contribution in [3.05, 3.63) is 36.2 Å². The largest absolute Gasteiger partial charge is 0.495 e. The number of nitrogens with one attached hydrogen (secondary N) is 1. The SMILES string of the molecule is COc1ncc(NS(=O)(=O)c2cc(C)ccc2OC)cn1. The molecule has 8 heteroatoms. The molecule has 1 aromatic heterocycles. The average molecular weight is 309 g/mol. The lowest BCUT2D eigenvalue weighted by molar-refractivity contribution is 0.380. The summed E-state index contributed by atoms with van der Waals surface area (Å²) in [5.74, 6) is 0.266. The molecule has 1 N–H and O–H groups in total. The Kier molecular flexibility index (Phi) is 4.27. The van der Waals surface area contributed by atoms with E-state index in [1.807, 2.05) is 0 Å². The molecule has 0 aliphatic rings. The Balaban J connectivity index is 2.35. The van der Waals surface area contributed by atoms with E-state index in [1.165, 1.54) is 32.7 Å². The van der Waals surface area contributed by atoms with Gasteiger partial charge in [-0.1, -0.05) is 6.07 Å². The molecule has 1 heterocycles. The Morgan fingerprint density at radius 3 is 2.33 bits per heavy atom. The highest BCUT2D eigenvalue weighted by molar-refractivity contribution is 7.92. The number of aryl methyl sites for hydroxylation is 1. The van der Waals surface area contributed by atoms with E-state index in [9.17, 15) is 8.42 Å². The Morgan fingerprint density at radius 1 is 1.10 bits per heavy atom. The standard InChI is InChI=1S/C13H15N3O4S/c1-9-4-5-11(19-2)12(6-9)21(17,18)16-10-7-14-13(20-3)15-8-10/h4-8,16H,1-3H3. The van der Waals surface area contributed by atoms with E-state index < -0.39 is 10.0 Å². The minimum Gasteiger partial charge on any atom is -0.495 e. The van der Waals surface area contributed by atoms with E-state index in [0.717, 1.165) is 5.56 Å². The quantitative estimate of drug-likeness (QED) is 0.902. The van der Waals surface area contributed by atoms with Crippen molar-refractivity contribution < 1.29 is 17.9 Å². The zero-order valence-electron chi connectivity index (χ0n) is 11.8. The summed E-state index contributed by atoms with van der Waals surface area (Å²) in [5.41, 5.74) is 1.04. The molecule has 0 radical (unpaired) electrons. The molecule has 0 unspecified atom stereocenters. The molecule has 112 valence electrons. The van der Waals surface area contributed by atoms with Crippen molar-refractivity contribution >= 4 is 15.7 Å². The van der Waals surface area contributed by atoms with Crippen LogP contribution in [0.5, 0.6) is 11.8 Å². The lowest BCUT2D eigenvalue weighted by atomic mass is 10.2. The number of ether oxygens (including phenoxy) is 2. The van der Waals surface area contributed by atoms with Crippen molar-refractivity contribution in [2.45, 2.75) is 11.8 Å². The van der Waals surface area contributed by atoms with Crippen LogP contribution in [0.2, 0.25) is 0 Å². The van der Waals surface area contributed by atoms with E-state index in [2.05, 4.69) is 14.7 Å². The van der Waals surface area contributed by atoms with Gasteiger partial charge in [-0.2, -0.15) is 0 Å². The molecule has 0 amide bonds. The van der Waals surface area contributed by atoms with Crippen LogP contribution in [0.25, 0.3) is 0 Å². The Labute approximate surface area is 123 Å². The van der Waals surface area contributed by atoms with Crippen LogP contribution in [0.1, 0.15) is 5.56 Å². The second-order valence-electron chi connectivity index (χ2n) is 4.22. The van der Waals surface area contributed by atoms with E-state index in [1.54, 1.807) is 19.1 Å². The van der Waals surface area contributed by atoms with Gasteiger partial charge in [-0.3, -0.25) is 4.72 Å². The van der Waals surface area contributed by atoms with E-state index in [4.69, 9.17) is 9.47 Å². The van der Waals surface area contributed by atoms with Gasteiger partial charge in [0.2, 0.25) is 0 Å². The number of methoxy groups -OCH3 is 2. The number of nitrogens with zero attached hydrogens (tertiary/aromatic N) is 2. The number of hydrogen-bond acceptors (Lipinski definition) is 6. The van der Waals surface area contributed by atoms with Crippen molar-refractivity contribution in [1.82, 2.24) is 9.97 Å². The first-order valence-corrected chi connectivity index (χ1v) is 7.48. The van der Waals surface area contributed by atoms with Gasteiger partial charge in [-0.05, 0) is 24.6 Å². The number of hydrogen-bond donors (Lipinski definition) is 1. The smallest absolute Gasteiger partial charge is 0.316 e. The van der Waals surface area contributed by atoms with Crippen LogP contribution in [0.15, 0.2) is 35.5 Å². The summed E-state index contributed by atoms with van der Waals surface area (Å²) in [6.45, 7) is 1.80. The molecule has 1 aromatic carbocycles. The molecule has 0 saturated carbocycles. The lowest BCUT2D eigenvalue weighted by Crippen LogP contribution is -2.14. The fourth-order valence-electron chi connectivity index (χ4n) is 1.68. The third kappa shape index (κ3) is 3.40. The molecule has 0 aliphatic heterocycles. The lowest BCUT2D eigenvalue weighted by Gasteiger charge is -2.12. The maximum absolute atomic E-state index is 12.4. The molecule has 2 aromatic rings. The van der Waals surface area contributed by atoms with Crippen molar-refractivity contribution in [2.24, 2.45) is 0 Å². The van der Waals surface area contributed by atoms with Gasteiger partial charge >= 0.3 is 6.01 Å². The summed E-state index contributed by atoms with van der Waals surface area (Å²) < 4.78 is 37.1. The minimum atomic E-state index is -3.79. The van der Waals surface area contributed by atoms with Crippen LogP contribution < -0.4 is 14.2 Å². The van der Waals surface area contributed by atoms with E-state index >= 15 is 0 Å². The number of sulfonamides is 1. The van der Waals surface area contributed by atoms with Gasteiger partial charge < -0.3 is 9.47 Å². The summed E-state index contributed by atoms with van der Waals surface area (Å²) in [7, 11) is -0.950. The number of rotatable bonds is 5. The predicted octanol–water partition coefficient (Wildman–Crippen LogP) is 1.60. The van der Waals surface area contributed by atoms with Crippen molar-refractivity contribution in [3.8, 4) is 11.8 Å². The minimum absolute atomic E-state index is 0.0563. The fraction of sp³-hybridized carbons (Fsp3) is 0.231. The molecule has 7 nitrogen and oxygen atoms in total. The average Bonchev–Trinajstić information content (AvgIpc) is 2.47. The van der Waals surface area contributed by atoms with Gasteiger partial charge in [0.15, 0.2) is 0 Å². The second-order valence-corrected chi connectivity index (χ2v) is 5.87. The molecule has 0 saturated heterocycles. The summed E-state index contributed by atoms with van der Waals surface area (Å²) >= 11 is 0. The zero-order valence-corrected chi connectivity index (χ0v) is 12.6. The summed E-state index contributed by atoms with van der Waals surface area (Å²) in [6, 6.07) is 5.07. The van der Waals surface area contributed by atoms with Crippen LogP contribution in [0.4, 0.5) is 5.69 Å². The molecule has 0 aliphatic carbocycles. The maximum Gasteiger partial charge on any atom is 0.316 e. The van der Waals surface area contributed by atoms with Crippen molar-refractivity contribution in [2.75, 3.05) is 18.9 Å². The molecule has 2 rings (SSSR count). The monoisotopic (exact) mass is 309 g/mol. The van der Waals surface area contributed by atoms with Gasteiger partial charge in [-0.15, -0.1) is 0 Å². The summed E-state index contributed by atoms with van der Waals surface area (Å²) in [5, 5.41) is 0. The Hall–Kier alpha value is -2.35. The van der Waals surface area contributed by atoms with Crippen molar-refractivity contribution in [1.29, 1.82) is 0 Å². The van der Waals surface area contributed by atoms with Gasteiger partial charge in [-0.25, -0.2) is 18.4 Å². The number of benzene rings is 1. The van der Waals surface area contributed by atoms with E-state index in [0.29, 0.717) is 0 Å². The van der Waals surface area contributed by atoms with Gasteiger partial charge in [0, 0.05) is 0 Å². The predicted molar refractivity (Wildman–Crippen MR) is 77.1 cm³/mol. The molecule has 0 atom stereocenters. The summed E-state index contributed by atoms with van der Waals surface area (Å²) in [6.07, 6.45) is 2.65. The van der Waals surface area contributed by atoms with Crippen LogP contribution >= 0.6 is 0 Å². The van der Waals surface area contributed by atoms with E-state index in [-0.39, 0.29) is 22.3 Å². The Bertz CT molecular complexity index is 730. The van der Waals surface area contributed by atoms with Gasteiger partial charge in [0.25, 0.3) is 10.0 Å². The molecule has 0 fully saturated rings. The topological polar surface area (TPSA) is 90.4 Å². The van der Waals surface area contributed by atoms with Crippen LogP contribution in [0, 0.1) is 6.92 Å². The third-order valence-electron chi connectivity index (χ3n) is 2.67. The molecule has 0 bridgehead atoms. The van der Waals surface area contributed by atoms with Gasteiger partial charge in [0.05, 0.1) is 32.3 Å². The van der Waals surface area contributed by atoms with Gasteiger partial charge in [0.1, 0.15) is 10.6 Å². The Morgan fingerprint density at radius 2 is 1.76 bits per heavy atom. The van der Waals surface area contributed by atoms with Crippen LogP contribution in [-0.2, 0) is 10.0 Å². The number of aromatic nitrogens is 2. The molecule has 21 heavy (non-hydrogen) atoms. The summed E-state index contributed by atoms with van der Waals surface area (Å²) in [4.78, 5) is 7.74. The normalized spacial score (nSPS) is 11.0. The first-order chi connectivity index (χ1) is 9.96. The highest BCUT2D eigenvalue weighted by atomic mass is 32.2. The third-order valence-corrected chi connectivity index (χ3v) is 4.07. The molecule has 0 spiro atoms. The highest BCUT2D eigenvalue weighted by Crippen LogP contribution is 2.26. The molecular weight excluding hydrogens is 294 g/mol.